The first-order valence-corrected chi connectivity index (χ1v) is 7.87. The van der Waals surface area contributed by atoms with Gasteiger partial charge in [-0.3, -0.25) is 0 Å². The monoisotopic (exact) mass is 273 g/mol. The molecule has 17 heavy (non-hydrogen) atoms. The van der Waals surface area contributed by atoms with Crippen molar-refractivity contribution in [3.05, 3.63) is 6.33 Å². The van der Waals surface area contributed by atoms with Gasteiger partial charge < -0.3 is 4.57 Å². The molecule has 1 rings (SSSR count). The molecule has 0 aliphatic carbocycles. The largest absolute Gasteiger partial charge is 0.312 e. The molecule has 0 atom stereocenters. The highest BCUT2D eigenvalue weighted by atomic mass is 32.2. The van der Waals surface area contributed by atoms with Crippen LogP contribution in [0.5, 0.6) is 0 Å². The van der Waals surface area contributed by atoms with E-state index in [9.17, 15) is 0 Å². The van der Waals surface area contributed by atoms with E-state index < -0.39 is 0 Å². The molecule has 0 radical (unpaired) electrons. The third-order valence-corrected chi connectivity index (χ3v) is 5.13. The molecule has 1 heterocycles. The van der Waals surface area contributed by atoms with Crippen LogP contribution in [-0.2, 0) is 7.05 Å². The Balaban J connectivity index is 2.62. The molecule has 5 heteroatoms. The summed E-state index contributed by atoms with van der Waals surface area (Å²) in [6.07, 6.45) is 6.69. The maximum atomic E-state index is 4.57. The van der Waals surface area contributed by atoms with Crippen LogP contribution in [0, 0.1) is 5.41 Å². The molecule has 0 aromatic carbocycles. The van der Waals surface area contributed by atoms with Crippen LogP contribution < -0.4 is 0 Å². The van der Waals surface area contributed by atoms with Gasteiger partial charge in [0.05, 0.1) is 0 Å². The predicted molar refractivity (Wildman–Crippen MR) is 77.8 cm³/mol. The second-order valence-electron chi connectivity index (χ2n) is 4.67. The van der Waals surface area contributed by atoms with Crippen molar-refractivity contribution in [1.29, 1.82) is 0 Å². The fourth-order valence-electron chi connectivity index (χ4n) is 2.15. The number of thiol groups is 1. The molecule has 0 spiro atoms. The molecular weight excluding hydrogens is 250 g/mol. The molecule has 0 bridgehead atoms. The summed E-state index contributed by atoms with van der Waals surface area (Å²) in [5.74, 6) is 2.05. The van der Waals surface area contributed by atoms with Gasteiger partial charge in [0.25, 0.3) is 0 Å². The van der Waals surface area contributed by atoms with Gasteiger partial charge in [-0.1, -0.05) is 38.5 Å². The van der Waals surface area contributed by atoms with Gasteiger partial charge in [0.1, 0.15) is 6.33 Å². The highest BCUT2D eigenvalue weighted by Crippen LogP contribution is 2.36. The lowest BCUT2D eigenvalue weighted by atomic mass is 9.83. The summed E-state index contributed by atoms with van der Waals surface area (Å²) < 4.78 is 1.98. The van der Waals surface area contributed by atoms with Crippen molar-refractivity contribution in [1.82, 2.24) is 14.8 Å². The van der Waals surface area contributed by atoms with Gasteiger partial charge in [0, 0.05) is 12.8 Å². The highest BCUT2D eigenvalue weighted by molar-refractivity contribution is 7.99. The second-order valence-corrected chi connectivity index (χ2v) is 5.93. The normalized spacial score (nSPS) is 12.0. The van der Waals surface area contributed by atoms with Crippen LogP contribution in [0.4, 0.5) is 0 Å². The lowest BCUT2D eigenvalue weighted by molar-refractivity contribution is 0.318. The van der Waals surface area contributed by atoms with Crippen LogP contribution in [0.2, 0.25) is 0 Å². The zero-order chi connectivity index (χ0) is 12.7. The molecule has 0 N–H and O–H groups in total. The van der Waals surface area contributed by atoms with Gasteiger partial charge in [-0.2, -0.15) is 12.6 Å². The van der Waals surface area contributed by atoms with Gasteiger partial charge in [0.15, 0.2) is 5.16 Å². The van der Waals surface area contributed by atoms with E-state index in [1.807, 2.05) is 11.6 Å². The van der Waals surface area contributed by atoms with Crippen LogP contribution in [0.3, 0.4) is 0 Å². The smallest absolute Gasteiger partial charge is 0.190 e. The number of thioether (sulfide) groups is 1. The molecule has 0 amide bonds. The minimum absolute atomic E-state index is 0.350. The van der Waals surface area contributed by atoms with Crippen molar-refractivity contribution in [2.45, 2.75) is 44.7 Å². The predicted octanol–water partition coefficient (Wildman–Crippen LogP) is 3.42. The van der Waals surface area contributed by atoms with E-state index in [4.69, 9.17) is 0 Å². The van der Waals surface area contributed by atoms with E-state index >= 15 is 0 Å². The Bertz CT molecular complexity index is 319. The van der Waals surface area contributed by atoms with Crippen molar-refractivity contribution < 1.29 is 0 Å². The summed E-state index contributed by atoms with van der Waals surface area (Å²) in [6.45, 7) is 4.50. The van der Waals surface area contributed by atoms with Gasteiger partial charge in [-0.15, -0.1) is 10.2 Å². The quantitative estimate of drug-likeness (QED) is 0.581. The van der Waals surface area contributed by atoms with Gasteiger partial charge in [0.2, 0.25) is 0 Å². The second kappa shape index (κ2) is 7.31. The molecule has 3 nitrogen and oxygen atoms in total. The number of hydrogen-bond acceptors (Lipinski definition) is 4. The maximum absolute atomic E-state index is 4.57. The van der Waals surface area contributed by atoms with Crippen LogP contribution in [0.15, 0.2) is 11.5 Å². The number of hydrogen-bond donors (Lipinski definition) is 1. The van der Waals surface area contributed by atoms with Crippen molar-refractivity contribution in [2.24, 2.45) is 12.5 Å². The summed E-state index contributed by atoms with van der Waals surface area (Å²) in [7, 11) is 1.99. The molecule has 0 unspecified atom stereocenters. The zero-order valence-corrected chi connectivity index (χ0v) is 12.7. The fraction of sp³-hybridized carbons (Fsp3) is 0.833. The molecular formula is C12H23N3S2. The van der Waals surface area contributed by atoms with E-state index in [1.165, 1.54) is 25.7 Å². The molecule has 1 aromatic rings. The van der Waals surface area contributed by atoms with E-state index in [1.54, 1.807) is 18.1 Å². The van der Waals surface area contributed by atoms with Gasteiger partial charge in [-0.05, 0) is 24.0 Å². The Hall–Kier alpha value is -0.160. The molecule has 0 saturated heterocycles. The van der Waals surface area contributed by atoms with E-state index in [0.29, 0.717) is 5.41 Å². The van der Waals surface area contributed by atoms with Crippen molar-refractivity contribution in [3.63, 3.8) is 0 Å². The van der Waals surface area contributed by atoms with Crippen molar-refractivity contribution >= 4 is 24.4 Å². The first-order valence-electron chi connectivity index (χ1n) is 6.25. The van der Waals surface area contributed by atoms with Crippen LogP contribution >= 0.6 is 24.4 Å². The number of nitrogens with zero attached hydrogens (tertiary/aromatic N) is 3. The maximum Gasteiger partial charge on any atom is 0.190 e. The highest BCUT2D eigenvalue weighted by Gasteiger charge is 2.27. The minimum atomic E-state index is 0.350. The summed E-state index contributed by atoms with van der Waals surface area (Å²) >= 11 is 6.38. The molecule has 0 aliphatic rings. The number of aryl methyl sites for hydroxylation is 1. The van der Waals surface area contributed by atoms with Crippen LogP contribution in [0.1, 0.15) is 39.5 Å². The SMILES string of the molecule is CCCC(CS)(CCC)CSc1nncn1C. The topological polar surface area (TPSA) is 30.7 Å². The Morgan fingerprint density at radius 2 is 2.00 bits per heavy atom. The average Bonchev–Trinajstić information content (AvgIpc) is 2.72. The third-order valence-electron chi connectivity index (χ3n) is 3.07. The molecule has 98 valence electrons. The lowest BCUT2D eigenvalue weighted by Gasteiger charge is -2.31. The molecule has 0 fully saturated rings. The van der Waals surface area contributed by atoms with Crippen molar-refractivity contribution in [2.75, 3.05) is 11.5 Å². The van der Waals surface area contributed by atoms with E-state index in [0.717, 1.165) is 16.7 Å². The molecule has 0 saturated carbocycles. The summed E-state index contributed by atoms with van der Waals surface area (Å²) in [5, 5.41) is 9.04. The van der Waals surface area contributed by atoms with Crippen LogP contribution in [-0.4, -0.2) is 26.3 Å². The lowest BCUT2D eigenvalue weighted by Crippen LogP contribution is -2.26. The van der Waals surface area contributed by atoms with Gasteiger partial charge in [-0.25, -0.2) is 0 Å². The third kappa shape index (κ3) is 4.21. The minimum Gasteiger partial charge on any atom is -0.312 e. The molecule has 1 aromatic heterocycles. The number of rotatable bonds is 8. The van der Waals surface area contributed by atoms with E-state index in [2.05, 4.69) is 36.7 Å². The Morgan fingerprint density at radius 1 is 1.35 bits per heavy atom. The standard InChI is InChI=1S/C12H23N3S2/c1-4-6-12(8-16,7-5-2)9-17-11-14-13-10-15(11)3/h10,16H,4-9H2,1-3H3. The number of aromatic nitrogens is 3. The van der Waals surface area contributed by atoms with Crippen molar-refractivity contribution in [3.8, 4) is 0 Å². The summed E-state index contributed by atoms with van der Waals surface area (Å²) in [6, 6.07) is 0. The first-order chi connectivity index (χ1) is 8.17. The van der Waals surface area contributed by atoms with Gasteiger partial charge >= 0.3 is 0 Å². The van der Waals surface area contributed by atoms with E-state index in [-0.39, 0.29) is 0 Å². The first kappa shape index (κ1) is 14.9. The summed E-state index contributed by atoms with van der Waals surface area (Å²) in [5.41, 5.74) is 0.350. The molecule has 0 aliphatic heterocycles. The zero-order valence-electron chi connectivity index (χ0n) is 11.0. The Morgan fingerprint density at radius 3 is 2.41 bits per heavy atom. The Kier molecular flexibility index (Phi) is 6.41. The summed E-state index contributed by atoms with van der Waals surface area (Å²) in [4.78, 5) is 0. The van der Waals surface area contributed by atoms with Crippen LogP contribution in [0.25, 0.3) is 0 Å². The Labute approximate surface area is 114 Å². The fourth-order valence-corrected chi connectivity index (χ4v) is 3.92. The average molecular weight is 273 g/mol.